The van der Waals surface area contributed by atoms with E-state index in [1.165, 1.54) is 6.92 Å². The summed E-state index contributed by atoms with van der Waals surface area (Å²) in [6.07, 6.45) is -0.884. The van der Waals surface area contributed by atoms with Crippen LogP contribution in [0.15, 0.2) is 22.6 Å². The van der Waals surface area contributed by atoms with Crippen molar-refractivity contribution in [1.82, 2.24) is 4.98 Å². The number of fused-ring (bicyclic) bond motifs is 1. The van der Waals surface area contributed by atoms with E-state index in [4.69, 9.17) is 14.3 Å². The van der Waals surface area contributed by atoms with Crippen LogP contribution in [0.3, 0.4) is 0 Å². The first-order valence-corrected chi connectivity index (χ1v) is 4.83. The van der Waals surface area contributed by atoms with Crippen LogP contribution < -0.4 is 4.74 Å². The van der Waals surface area contributed by atoms with Crippen LogP contribution in [0.5, 0.6) is 5.75 Å². The van der Waals surface area contributed by atoms with Gasteiger partial charge in [0.15, 0.2) is 17.6 Å². The van der Waals surface area contributed by atoms with Crippen molar-refractivity contribution in [2.45, 2.75) is 20.0 Å². The number of carboxylic acid groups (broad SMARTS) is 1. The zero-order valence-electron chi connectivity index (χ0n) is 8.93. The average Bonchev–Trinajstić information content (AvgIpc) is 2.57. The summed E-state index contributed by atoms with van der Waals surface area (Å²) in [5.74, 6) is 0.0329. The number of carboxylic acids is 1. The van der Waals surface area contributed by atoms with Gasteiger partial charge in [0, 0.05) is 13.0 Å². The third-order valence-electron chi connectivity index (χ3n) is 2.13. The molecule has 2 aromatic rings. The van der Waals surface area contributed by atoms with Gasteiger partial charge in [-0.05, 0) is 19.1 Å². The summed E-state index contributed by atoms with van der Waals surface area (Å²) in [5, 5.41) is 8.70. The van der Waals surface area contributed by atoms with Gasteiger partial charge in [-0.25, -0.2) is 9.78 Å². The van der Waals surface area contributed by atoms with E-state index in [1.807, 2.05) is 0 Å². The van der Waals surface area contributed by atoms with Gasteiger partial charge < -0.3 is 14.3 Å². The zero-order valence-corrected chi connectivity index (χ0v) is 8.93. The van der Waals surface area contributed by atoms with Crippen molar-refractivity contribution in [3.05, 3.63) is 24.1 Å². The molecule has 1 atom stereocenters. The second-order valence-electron chi connectivity index (χ2n) is 3.46. The Balaban J connectivity index is 2.28. The zero-order chi connectivity index (χ0) is 11.7. The predicted molar refractivity (Wildman–Crippen MR) is 56.5 cm³/mol. The van der Waals surface area contributed by atoms with Gasteiger partial charge in [0.1, 0.15) is 11.3 Å². The van der Waals surface area contributed by atoms with E-state index < -0.39 is 12.1 Å². The van der Waals surface area contributed by atoms with Crippen LogP contribution in [-0.4, -0.2) is 22.2 Å². The summed E-state index contributed by atoms with van der Waals surface area (Å²) >= 11 is 0. The number of aliphatic carboxylic acids is 1. The maximum absolute atomic E-state index is 10.6. The van der Waals surface area contributed by atoms with Crippen LogP contribution >= 0.6 is 0 Å². The Bertz CT molecular complexity index is 532. The molecule has 0 spiro atoms. The van der Waals surface area contributed by atoms with Crippen LogP contribution in [0.4, 0.5) is 0 Å². The van der Waals surface area contributed by atoms with Crippen molar-refractivity contribution in [1.29, 1.82) is 0 Å². The fourth-order valence-corrected chi connectivity index (χ4v) is 1.35. The summed E-state index contributed by atoms with van der Waals surface area (Å²) in [7, 11) is 0. The van der Waals surface area contributed by atoms with E-state index in [1.54, 1.807) is 25.1 Å². The highest BCUT2D eigenvalue weighted by Gasteiger charge is 2.13. The van der Waals surface area contributed by atoms with Crippen molar-refractivity contribution in [3.63, 3.8) is 0 Å². The normalized spacial score (nSPS) is 12.6. The van der Waals surface area contributed by atoms with Gasteiger partial charge in [0.2, 0.25) is 0 Å². The number of hydrogen-bond donors (Lipinski definition) is 1. The Morgan fingerprint density at radius 3 is 3.00 bits per heavy atom. The fraction of sp³-hybridized carbons (Fsp3) is 0.273. The quantitative estimate of drug-likeness (QED) is 0.857. The largest absolute Gasteiger partial charge is 0.479 e. The van der Waals surface area contributed by atoms with E-state index in [0.717, 1.165) is 0 Å². The van der Waals surface area contributed by atoms with E-state index in [2.05, 4.69) is 4.98 Å². The first kappa shape index (κ1) is 10.5. The number of nitrogens with zero attached hydrogens (tertiary/aromatic N) is 1. The van der Waals surface area contributed by atoms with Crippen LogP contribution in [-0.2, 0) is 4.79 Å². The minimum Gasteiger partial charge on any atom is -0.479 e. The summed E-state index contributed by atoms with van der Waals surface area (Å²) in [4.78, 5) is 14.7. The molecule has 0 aliphatic carbocycles. The molecule has 0 amide bonds. The number of aromatic nitrogens is 1. The highest BCUT2D eigenvalue weighted by Crippen LogP contribution is 2.21. The number of aryl methyl sites for hydroxylation is 1. The van der Waals surface area contributed by atoms with Crippen LogP contribution in [0, 0.1) is 6.92 Å². The first-order chi connectivity index (χ1) is 7.56. The molecule has 2 rings (SSSR count). The van der Waals surface area contributed by atoms with Gasteiger partial charge in [-0.2, -0.15) is 0 Å². The molecule has 5 nitrogen and oxygen atoms in total. The van der Waals surface area contributed by atoms with Crippen LogP contribution in [0.2, 0.25) is 0 Å². The molecule has 0 saturated heterocycles. The molecule has 1 aromatic heterocycles. The first-order valence-electron chi connectivity index (χ1n) is 4.83. The highest BCUT2D eigenvalue weighted by molar-refractivity contribution is 5.75. The molecule has 0 saturated carbocycles. The Kier molecular flexibility index (Phi) is 2.52. The van der Waals surface area contributed by atoms with E-state index >= 15 is 0 Å². The van der Waals surface area contributed by atoms with Gasteiger partial charge in [0.05, 0.1) is 0 Å². The standard InChI is InChI=1S/C11H11NO4/c1-6(11(13)14)15-8-3-4-10-9(5-8)12-7(2)16-10/h3-6H,1-2H3,(H,13,14). The van der Waals surface area contributed by atoms with Crippen molar-refractivity contribution in [2.24, 2.45) is 0 Å². The Hall–Kier alpha value is -2.04. The van der Waals surface area contributed by atoms with Gasteiger partial charge in [-0.3, -0.25) is 0 Å². The van der Waals surface area contributed by atoms with E-state index in [9.17, 15) is 4.79 Å². The third kappa shape index (κ3) is 1.98. The summed E-state index contributed by atoms with van der Waals surface area (Å²) < 4.78 is 10.5. The molecule has 0 bridgehead atoms. The lowest BCUT2D eigenvalue weighted by Gasteiger charge is -2.09. The minimum atomic E-state index is -1.00. The second-order valence-corrected chi connectivity index (χ2v) is 3.46. The molecule has 0 radical (unpaired) electrons. The van der Waals surface area contributed by atoms with Crippen LogP contribution in [0.25, 0.3) is 11.1 Å². The summed E-state index contributed by atoms with van der Waals surface area (Å²) in [6, 6.07) is 5.02. The molecule has 0 aliphatic heterocycles. The topological polar surface area (TPSA) is 72.6 Å². The molecule has 16 heavy (non-hydrogen) atoms. The summed E-state index contributed by atoms with van der Waals surface area (Å²) in [5.41, 5.74) is 1.32. The Morgan fingerprint density at radius 2 is 2.31 bits per heavy atom. The van der Waals surface area contributed by atoms with Crippen LogP contribution in [0.1, 0.15) is 12.8 Å². The second kappa shape index (κ2) is 3.84. The molecular weight excluding hydrogens is 210 g/mol. The van der Waals surface area contributed by atoms with Crippen molar-refractivity contribution in [2.75, 3.05) is 0 Å². The third-order valence-corrected chi connectivity index (χ3v) is 2.13. The lowest BCUT2D eigenvalue weighted by molar-refractivity contribution is -0.144. The molecule has 1 heterocycles. The summed E-state index contributed by atoms with van der Waals surface area (Å²) in [6.45, 7) is 3.22. The number of ether oxygens (including phenoxy) is 1. The van der Waals surface area contributed by atoms with Gasteiger partial charge >= 0.3 is 5.97 Å². The predicted octanol–water partition coefficient (Wildman–Crippen LogP) is 1.99. The van der Waals surface area contributed by atoms with E-state index in [0.29, 0.717) is 22.7 Å². The number of oxazole rings is 1. The molecule has 1 unspecified atom stereocenters. The molecule has 0 aliphatic rings. The molecule has 5 heteroatoms. The Labute approximate surface area is 91.7 Å². The lowest BCUT2D eigenvalue weighted by Crippen LogP contribution is -2.22. The highest BCUT2D eigenvalue weighted by atomic mass is 16.5. The van der Waals surface area contributed by atoms with E-state index in [-0.39, 0.29) is 0 Å². The fourth-order valence-electron chi connectivity index (χ4n) is 1.35. The van der Waals surface area contributed by atoms with Gasteiger partial charge in [0.25, 0.3) is 0 Å². The molecule has 84 valence electrons. The van der Waals surface area contributed by atoms with Crippen molar-refractivity contribution >= 4 is 17.1 Å². The number of hydrogen-bond acceptors (Lipinski definition) is 4. The monoisotopic (exact) mass is 221 g/mol. The smallest absolute Gasteiger partial charge is 0.344 e. The lowest BCUT2D eigenvalue weighted by atomic mass is 10.3. The molecular formula is C11H11NO4. The minimum absolute atomic E-state index is 0.468. The maximum atomic E-state index is 10.6. The Morgan fingerprint density at radius 1 is 1.56 bits per heavy atom. The van der Waals surface area contributed by atoms with Crippen molar-refractivity contribution < 1.29 is 19.1 Å². The van der Waals surface area contributed by atoms with Gasteiger partial charge in [-0.1, -0.05) is 0 Å². The molecule has 1 aromatic carbocycles. The van der Waals surface area contributed by atoms with Gasteiger partial charge in [-0.15, -0.1) is 0 Å². The number of carbonyl (C=O) groups is 1. The average molecular weight is 221 g/mol. The van der Waals surface area contributed by atoms with Crippen molar-refractivity contribution in [3.8, 4) is 5.75 Å². The maximum Gasteiger partial charge on any atom is 0.344 e. The number of benzene rings is 1. The molecule has 0 fully saturated rings. The number of rotatable bonds is 3. The SMILES string of the molecule is Cc1nc2cc(OC(C)C(=O)O)ccc2o1. The molecule has 1 N–H and O–H groups in total.